The second kappa shape index (κ2) is 5.72. The van der Waals surface area contributed by atoms with Crippen LogP contribution >= 0.6 is 22.9 Å². The van der Waals surface area contributed by atoms with Gasteiger partial charge in [-0.15, -0.1) is 0 Å². The zero-order valence-electron chi connectivity index (χ0n) is 11.3. The van der Waals surface area contributed by atoms with Gasteiger partial charge in [-0.05, 0) is 37.0 Å². The summed E-state index contributed by atoms with van der Waals surface area (Å²) < 4.78 is 0. The van der Waals surface area contributed by atoms with Gasteiger partial charge in [-0.25, -0.2) is 4.98 Å². The topological polar surface area (TPSA) is 36.4 Å². The lowest BCUT2D eigenvalue weighted by Crippen LogP contribution is -2.16. The quantitative estimate of drug-likeness (QED) is 0.937. The van der Waals surface area contributed by atoms with Gasteiger partial charge in [-0.1, -0.05) is 35.1 Å². The molecular weight excluding hydrogens is 292 g/mol. The van der Waals surface area contributed by atoms with E-state index in [0.29, 0.717) is 0 Å². The van der Waals surface area contributed by atoms with Crippen LogP contribution in [0.15, 0.2) is 24.3 Å². The smallest absolute Gasteiger partial charge is 0.185 e. The number of aliphatic hydroxyl groups excluding tert-OH is 1. The van der Waals surface area contributed by atoms with Gasteiger partial charge in [0.05, 0.1) is 16.7 Å². The van der Waals surface area contributed by atoms with Crippen LogP contribution in [0.4, 0.5) is 5.13 Å². The molecule has 2 aromatic rings. The Morgan fingerprint density at radius 1 is 1.50 bits per heavy atom. The molecule has 3 rings (SSSR count). The molecule has 5 heteroatoms. The number of benzene rings is 1. The Morgan fingerprint density at radius 3 is 3.10 bits per heavy atom. The summed E-state index contributed by atoms with van der Waals surface area (Å²) in [5, 5.41) is 11.7. The Morgan fingerprint density at radius 2 is 2.35 bits per heavy atom. The highest BCUT2D eigenvalue weighted by molar-refractivity contribution is 7.15. The number of halogens is 1. The molecule has 0 spiro atoms. The van der Waals surface area contributed by atoms with Crippen molar-refractivity contribution < 1.29 is 5.11 Å². The van der Waals surface area contributed by atoms with E-state index in [9.17, 15) is 5.11 Å². The number of hydrogen-bond donors (Lipinski definition) is 1. The Hall–Kier alpha value is -1.10. The predicted molar refractivity (Wildman–Crippen MR) is 83.6 cm³/mol. The average Bonchev–Trinajstić information content (AvgIpc) is 2.84. The first-order valence-electron chi connectivity index (χ1n) is 6.77. The van der Waals surface area contributed by atoms with Gasteiger partial charge in [0.1, 0.15) is 0 Å². The highest BCUT2D eigenvalue weighted by Crippen LogP contribution is 2.37. The number of fused-ring (bicyclic) bond motifs is 1. The van der Waals surface area contributed by atoms with Crippen molar-refractivity contribution in [2.24, 2.45) is 0 Å². The summed E-state index contributed by atoms with van der Waals surface area (Å²) in [5.74, 6) is 0. The lowest BCUT2D eigenvalue weighted by Gasteiger charge is -2.15. The molecule has 0 radical (unpaired) electrons. The molecule has 1 atom stereocenters. The zero-order chi connectivity index (χ0) is 14.1. The van der Waals surface area contributed by atoms with Crippen LogP contribution in [-0.2, 0) is 13.0 Å². The van der Waals surface area contributed by atoms with Gasteiger partial charge in [0.2, 0.25) is 0 Å². The normalized spacial score (nSPS) is 17.9. The van der Waals surface area contributed by atoms with Crippen molar-refractivity contribution >= 4 is 28.1 Å². The van der Waals surface area contributed by atoms with Crippen LogP contribution in [-0.4, -0.2) is 17.1 Å². The molecule has 0 amide bonds. The van der Waals surface area contributed by atoms with E-state index < -0.39 is 0 Å². The number of hydrogen-bond acceptors (Lipinski definition) is 4. The van der Waals surface area contributed by atoms with Gasteiger partial charge in [-0.3, -0.25) is 0 Å². The van der Waals surface area contributed by atoms with Gasteiger partial charge in [0, 0.05) is 18.6 Å². The molecule has 20 heavy (non-hydrogen) atoms. The molecule has 1 aliphatic rings. The number of aryl methyl sites for hydroxylation is 1. The van der Waals surface area contributed by atoms with Crippen LogP contribution < -0.4 is 4.90 Å². The molecule has 1 unspecified atom stereocenters. The summed E-state index contributed by atoms with van der Waals surface area (Å²) in [6.45, 7) is 0.767. The first-order valence-corrected chi connectivity index (χ1v) is 7.96. The molecular formula is C15H17ClN2OS. The minimum Gasteiger partial charge on any atom is -0.388 e. The van der Waals surface area contributed by atoms with E-state index in [1.54, 1.807) is 11.3 Å². The largest absolute Gasteiger partial charge is 0.388 e. The fraction of sp³-hybridized carbons (Fsp3) is 0.400. The van der Waals surface area contributed by atoms with Gasteiger partial charge in [0.25, 0.3) is 0 Å². The molecule has 3 nitrogen and oxygen atoms in total. The number of anilines is 1. The maximum absolute atomic E-state index is 10.0. The highest BCUT2D eigenvalue weighted by Gasteiger charge is 2.23. The second-order valence-electron chi connectivity index (χ2n) is 5.20. The third kappa shape index (κ3) is 2.82. The molecule has 106 valence electrons. The lowest BCUT2D eigenvalue weighted by molar-refractivity contribution is 0.160. The van der Waals surface area contributed by atoms with E-state index >= 15 is 0 Å². The van der Waals surface area contributed by atoms with Crippen LogP contribution in [0.25, 0.3) is 0 Å². The summed E-state index contributed by atoms with van der Waals surface area (Å²) >= 11 is 7.62. The van der Waals surface area contributed by atoms with Crippen molar-refractivity contribution in [1.82, 2.24) is 4.98 Å². The fourth-order valence-electron chi connectivity index (χ4n) is 2.52. The second-order valence-corrected chi connectivity index (χ2v) is 6.65. The maximum atomic E-state index is 10.0. The fourth-order valence-corrected chi connectivity index (χ4v) is 3.83. The van der Waals surface area contributed by atoms with Gasteiger partial charge >= 0.3 is 0 Å². The van der Waals surface area contributed by atoms with Gasteiger partial charge in [-0.2, -0.15) is 0 Å². The number of rotatable bonds is 3. The van der Waals surface area contributed by atoms with Crippen molar-refractivity contribution in [2.75, 3.05) is 11.9 Å². The molecule has 1 N–H and O–H groups in total. The van der Waals surface area contributed by atoms with E-state index in [1.807, 2.05) is 25.2 Å². The van der Waals surface area contributed by atoms with Crippen LogP contribution in [0.5, 0.6) is 0 Å². The summed E-state index contributed by atoms with van der Waals surface area (Å²) in [6, 6.07) is 7.87. The third-order valence-electron chi connectivity index (χ3n) is 3.55. The molecule has 0 fully saturated rings. The molecule has 1 aliphatic carbocycles. The first kappa shape index (κ1) is 13.9. The van der Waals surface area contributed by atoms with E-state index in [2.05, 4.69) is 16.0 Å². The van der Waals surface area contributed by atoms with Crippen LogP contribution in [0, 0.1) is 0 Å². The van der Waals surface area contributed by atoms with Gasteiger partial charge in [0.15, 0.2) is 5.13 Å². The summed E-state index contributed by atoms with van der Waals surface area (Å²) in [7, 11) is 2.03. The van der Waals surface area contributed by atoms with E-state index in [-0.39, 0.29) is 6.10 Å². The number of aromatic nitrogens is 1. The molecule has 0 aliphatic heterocycles. The summed E-state index contributed by atoms with van der Waals surface area (Å²) in [4.78, 5) is 7.83. The maximum Gasteiger partial charge on any atom is 0.185 e. The van der Waals surface area contributed by atoms with Crippen molar-refractivity contribution in [3.05, 3.63) is 45.4 Å². The molecule has 1 heterocycles. The van der Waals surface area contributed by atoms with Crippen molar-refractivity contribution in [2.45, 2.75) is 31.9 Å². The van der Waals surface area contributed by atoms with Crippen molar-refractivity contribution in [3.8, 4) is 0 Å². The highest BCUT2D eigenvalue weighted by atomic mass is 35.5. The van der Waals surface area contributed by atoms with Crippen LogP contribution in [0.1, 0.15) is 35.1 Å². The van der Waals surface area contributed by atoms with E-state index in [0.717, 1.165) is 52.1 Å². The Bertz CT molecular complexity index is 614. The Kier molecular flexibility index (Phi) is 3.96. The third-order valence-corrected chi connectivity index (χ3v) is 5.09. The minimum absolute atomic E-state index is 0.329. The van der Waals surface area contributed by atoms with Crippen molar-refractivity contribution in [3.63, 3.8) is 0 Å². The molecule has 0 bridgehead atoms. The first-order chi connectivity index (χ1) is 9.63. The molecule has 0 saturated heterocycles. The minimum atomic E-state index is -0.329. The standard InChI is InChI=1S/C15H17ClN2OS/c1-18(9-10-4-2-5-11(16)8-10)15-17-12-6-3-7-13(19)14(12)20-15/h2,4-5,8,13,19H,3,6-7,9H2,1H3. The number of thiazole rings is 1. The predicted octanol–water partition coefficient (Wildman–Crippen LogP) is 3.80. The summed E-state index contributed by atoms with van der Waals surface area (Å²) in [6.07, 6.45) is 2.53. The Balaban J connectivity index is 1.79. The average molecular weight is 309 g/mol. The molecule has 0 saturated carbocycles. The van der Waals surface area contributed by atoms with E-state index in [1.165, 1.54) is 0 Å². The van der Waals surface area contributed by atoms with E-state index in [4.69, 9.17) is 11.6 Å². The monoisotopic (exact) mass is 308 g/mol. The van der Waals surface area contributed by atoms with Crippen molar-refractivity contribution in [1.29, 1.82) is 0 Å². The Labute approximate surface area is 127 Å². The lowest BCUT2D eigenvalue weighted by atomic mass is 10.0. The number of aliphatic hydroxyl groups is 1. The SMILES string of the molecule is CN(Cc1cccc(Cl)c1)c1nc2c(s1)C(O)CCC2. The molecule has 1 aromatic heterocycles. The number of nitrogens with zero attached hydrogens (tertiary/aromatic N) is 2. The molecule has 1 aromatic carbocycles. The summed E-state index contributed by atoms with van der Waals surface area (Å²) in [5.41, 5.74) is 2.23. The zero-order valence-corrected chi connectivity index (χ0v) is 12.9. The van der Waals surface area contributed by atoms with Gasteiger partial charge < -0.3 is 10.0 Å². The van der Waals surface area contributed by atoms with Crippen LogP contribution in [0.2, 0.25) is 5.02 Å². The van der Waals surface area contributed by atoms with Crippen LogP contribution in [0.3, 0.4) is 0 Å².